The van der Waals surface area contributed by atoms with Gasteiger partial charge in [-0.25, -0.2) is 8.42 Å². The first-order chi connectivity index (χ1) is 8.94. The molecule has 0 saturated heterocycles. The van der Waals surface area contributed by atoms with Crippen LogP contribution in [0.5, 0.6) is 0 Å². The summed E-state index contributed by atoms with van der Waals surface area (Å²) < 4.78 is 27.0. The minimum absolute atomic E-state index is 0.161. The number of sulfonamides is 1. The largest absolute Gasteiger partial charge is 0.391 e. The Bertz CT molecular complexity index is 695. The van der Waals surface area contributed by atoms with E-state index in [9.17, 15) is 8.42 Å². The summed E-state index contributed by atoms with van der Waals surface area (Å²) in [6.07, 6.45) is 0. The number of hydrogen-bond donors (Lipinski definition) is 2. The van der Waals surface area contributed by atoms with Crippen molar-refractivity contribution in [2.24, 2.45) is 0 Å². The molecule has 2 aromatic rings. The van der Waals surface area contributed by atoms with Gasteiger partial charge in [-0.15, -0.1) is 11.3 Å². The molecule has 0 aliphatic rings. The molecule has 7 heteroatoms. The van der Waals surface area contributed by atoms with Crippen LogP contribution in [-0.4, -0.2) is 13.5 Å². The Kier molecular flexibility index (Phi) is 4.15. The zero-order valence-corrected chi connectivity index (χ0v) is 12.4. The molecule has 0 bridgehead atoms. The Hall–Kier alpha value is -1.08. The van der Waals surface area contributed by atoms with Crippen LogP contribution in [0, 0.1) is 6.92 Å². The van der Waals surface area contributed by atoms with Crippen LogP contribution in [-0.2, 0) is 16.6 Å². The zero-order valence-electron chi connectivity index (χ0n) is 10.1. The van der Waals surface area contributed by atoms with Crippen molar-refractivity contribution in [1.29, 1.82) is 0 Å². The van der Waals surface area contributed by atoms with Gasteiger partial charge in [0.1, 0.15) is 4.21 Å². The number of anilines is 1. The van der Waals surface area contributed by atoms with Crippen molar-refractivity contribution in [1.82, 2.24) is 0 Å². The fourth-order valence-electron chi connectivity index (χ4n) is 1.52. The number of aliphatic hydroxyl groups is 1. The Morgan fingerprint density at radius 3 is 2.63 bits per heavy atom. The third-order valence-corrected chi connectivity index (χ3v) is 5.92. The molecule has 4 nitrogen and oxygen atoms in total. The third-order valence-electron chi connectivity index (χ3n) is 2.52. The summed E-state index contributed by atoms with van der Waals surface area (Å²) in [4.78, 5) is 0.638. The molecule has 1 aromatic heterocycles. The molecule has 0 radical (unpaired) electrons. The van der Waals surface area contributed by atoms with E-state index in [-0.39, 0.29) is 10.8 Å². The average Bonchev–Trinajstić information content (AvgIpc) is 2.74. The number of rotatable bonds is 4. The summed E-state index contributed by atoms with van der Waals surface area (Å²) in [7, 11) is -3.67. The minimum atomic E-state index is -3.67. The fourth-order valence-corrected chi connectivity index (χ4v) is 4.28. The van der Waals surface area contributed by atoms with Crippen molar-refractivity contribution < 1.29 is 13.5 Å². The first kappa shape index (κ1) is 14.3. The van der Waals surface area contributed by atoms with Crippen LogP contribution in [0.15, 0.2) is 34.5 Å². The predicted octanol–water partition coefficient (Wildman–Crippen LogP) is 3.00. The molecule has 0 atom stereocenters. The highest BCUT2D eigenvalue weighted by Crippen LogP contribution is 2.29. The lowest BCUT2D eigenvalue weighted by Gasteiger charge is -2.07. The fraction of sp³-hybridized carbons (Fsp3) is 0.167. The molecule has 0 unspecified atom stereocenters. The number of thiophene rings is 1. The van der Waals surface area contributed by atoms with Crippen molar-refractivity contribution >= 4 is 38.6 Å². The normalized spacial score (nSPS) is 11.5. The number of aliphatic hydroxyl groups excluding tert-OH is 1. The van der Waals surface area contributed by atoms with E-state index in [0.29, 0.717) is 15.6 Å². The van der Waals surface area contributed by atoms with Gasteiger partial charge in [0.15, 0.2) is 0 Å². The maximum Gasteiger partial charge on any atom is 0.271 e. The van der Waals surface area contributed by atoms with Crippen molar-refractivity contribution in [3.8, 4) is 0 Å². The summed E-state index contributed by atoms with van der Waals surface area (Å²) in [5.74, 6) is 0. The lowest BCUT2D eigenvalue weighted by Crippen LogP contribution is -2.11. The molecule has 2 N–H and O–H groups in total. The molecule has 1 aromatic carbocycles. The monoisotopic (exact) mass is 317 g/mol. The highest BCUT2D eigenvalue weighted by molar-refractivity contribution is 7.94. The van der Waals surface area contributed by atoms with Gasteiger partial charge in [0, 0.05) is 4.88 Å². The zero-order chi connectivity index (χ0) is 14.0. The van der Waals surface area contributed by atoms with Gasteiger partial charge in [0.25, 0.3) is 10.0 Å². The molecule has 0 spiro atoms. The smallest absolute Gasteiger partial charge is 0.271 e. The van der Waals surface area contributed by atoms with E-state index in [0.717, 1.165) is 16.9 Å². The van der Waals surface area contributed by atoms with Crippen LogP contribution >= 0.6 is 22.9 Å². The van der Waals surface area contributed by atoms with E-state index in [1.807, 2.05) is 0 Å². The van der Waals surface area contributed by atoms with Gasteiger partial charge < -0.3 is 5.11 Å². The Balaban J connectivity index is 2.35. The summed E-state index contributed by atoms with van der Waals surface area (Å²) in [6.45, 7) is 1.59. The molecule has 0 aliphatic carbocycles. The number of halogens is 1. The average molecular weight is 318 g/mol. The maximum absolute atomic E-state index is 12.2. The Morgan fingerprint density at radius 1 is 1.37 bits per heavy atom. The Morgan fingerprint density at radius 2 is 2.05 bits per heavy atom. The lowest BCUT2D eigenvalue weighted by atomic mass is 10.3. The highest BCUT2D eigenvalue weighted by Gasteiger charge is 2.19. The molecular formula is C12H12ClNO3S2. The van der Waals surface area contributed by atoms with Crippen LogP contribution in [0.25, 0.3) is 0 Å². The number of hydrogen-bond acceptors (Lipinski definition) is 4. The maximum atomic E-state index is 12.2. The second-order valence-corrected chi connectivity index (χ2v) is 7.37. The van der Waals surface area contributed by atoms with Crippen LogP contribution in [0.2, 0.25) is 5.02 Å². The molecule has 0 fully saturated rings. The second kappa shape index (κ2) is 5.50. The van der Waals surface area contributed by atoms with Crippen molar-refractivity contribution in [3.63, 3.8) is 0 Å². The van der Waals surface area contributed by atoms with E-state index >= 15 is 0 Å². The van der Waals surface area contributed by atoms with Gasteiger partial charge in [-0.05, 0) is 30.7 Å². The van der Waals surface area contributed by atoms with Crippen LogP contribution < -0.4 is 4.72 Å². The Labute approximate surface area is 120 Å². The summed E-state index contributed by atoms with van der Waals surface area (Å²) in [5.41, 5.74) is 1.09. The number of benzene rings is 1. The first-order valence-corrected chi connectivity index (χ1v) is 8.09. The van der Waals surface area contributed by atoms with Gasteiger partial charge in [-0.2, -0.15) is 0 Å². The molecular weight excluding hydrogens is 306 g/mol. The molecule has 1 heterocycles. The second-order valence-electron chi connectivity index (χ2n) is 3.92. The van der Waals surface area contributed by atoms with Crippen molar-refractivity contribution in [3.05, 3.63) is 45.8 Å². The number of nitrogens with one attached hydrogen (secondary N) is 1. The van der Waals surface area contributed by atoms with E-state index in [2.05, 4.69) is 4.72 Å². The molecule has 2 rings (SSSR count). The topological polar surface area (TPSA) is 66.4 Å². The molecule has 19 heavy (non-hydrogen) atoms. The summed E-state index contributed by atoms with van der Waals surface area (Å²) in [5, 5.41) is 9.44. The predicted molar refractivity (Wildman–Crippen MR) is 77.2 cm³/mol. The first-order valence-electron chi connectivity index (χ1n) is 5.41. The third kappa shape index (κ3) is 3.09. The van der Waals surface area contributed by atoms with E-state index < -0.39 is 10.0 Å². The van der Waals surface area contributed by atoms with Gasteiger partial charge in [-0.1, -0.05) is 23.7 Å². The minimum Gasteiger partial charge on any atom is -0.391 e. The van der Waals surface area contributed by atoms with Crippen molar-refractivity contribution in [2.45, 2.75) is 17.7 Å². The molecule has 0 aliphatic heterocycles. The van der Waals surface area contributed by atoms with E-state index in [4.69, 9.17) is 16.7 Å². The highest BCUT2D eigenvalue weighted by atomic mass is 35.5. The van der Waals surface area contributed by atoms with E-state index in [1.165, 1.54) is 6.07 Å². The lowest BCUT2D eigenvalue weighted by molar-refractivity contribution is 0.285. The summed E-state index contributed by atoms with van der Waals surface area (Å²) in [6, 6.07) is 8.16. The molecule has 102 valence electrons. The standard InChI is InChI=1S/C12H12ClNO3S2/c1-8-6-12(18-11(8)7-15)19(16,17)14-10-5-3-2-4-9(10)13/h2-6,14-15H,7H2,1H3. The van der Waals surface area contributed by atoms with Gasteiger partial charge in [0.05, 0.1) is 17.3 Å². The quantitative estimate of drug-likeness (QED) is 0.911. The van der Waals surface area contributed by atoms with Crippen LogP contribution in [0.3, 0.4) is 0 Å². The number of para-hydroxylation sites is 1. The van der Waals surface area contributed by atoms with Gasteiger partial charge in [-0.3, -0.25) is 4.72 Å². The molecule has 0 saturated carbocycles. The SMILES string of the molecule is Cc1cc(S(=O)(=O)Nc2ccccc2Cl)sc1CO. The number of aryl methyl sites for hydroxylation is 1. The van der Waals surface area contributed by atoms with Crippen LogP contribution in [0.4, 0.5) is 5.69 Å². The van der Waals surface area contributed by atoms with E-state index in [1.54, 1.807) is 31.2 Å². The van der Waals surface area contributed by atoms with Crippen LogP contribution in [0.1, 0.15) is 10.4 Å². The summed E-state index contributed by atoms with van der Waals surface area (Å²) >= 11 is 6.97. The van der Waals surface area contributed by atoms with Gasteiger partial charge in [0.2, 0.25) is 0 Å². The van der Waals surface area contributed by atoms with Crippen molar-refractivity contribution in [2.75, 3.05) is 4.72 Å². The molecule has 0 amide bonds. The van der Waals surface area contributed by atoms with Gasteiger partial charge >= 0.3 is 0 Å².